The number of carbonyl (C=O) groups excluding carboxylic acids is 2. The van der Waals surface area contributed by atoms with Gasteiger partial charge in [-0.15, -0.1) is 0 Å². The van der Waals surface area contributed by atoms with Crippen molar-refractivity contribution in [3.05, 3.63) is 102 Å². The van der Waals surface area contributed by atoms with E-state index in [9.17, 15) is 9.59 Å². The average Bonchev–Trinajstić information content (AvgIpc) is 2.87. The molecule has 0 atom stereocenters. The minimum Gasteiger partial charge on any atom is -0.497 e. The fourth-order valence-corrected chi connectivity index (χ4v) is 3.03. The van der Waals surface area contributed by atoms with Crippen molar-refractivity contribution in [3.63, 3.8) is 0 Å². The van der Waals surface area contributed by atoms with Crippen LogP contribution in [0.15, 0.2) is 84.9 Å². The Hall–Kier alpha value is -4.12. The molecule has 0 aliphatic carbocycles. The van der Waals surface area contributed by atoms with Gasteiger partial charge in [-0.1, -0.05) is 43.7 Å². The van der Waals surface area contributed by atoms with Gasteiger partial charge in [-0.25, -0.2) is 4.79 Å². The minimum atomic E-state index is -0.487. The second-order valence-electron chi connectivity index (χ2n) is 7.52. The zero-order chi connectivity index (χ0) is 24.2. The lowest BCUT2D eigenvalue weighted by Crippen LogP contribution is -2.03. The van der Waals surface area contributed by atoms with E-state index in [2.05, 4.69) is 6.92 Å². The molecule has 3 aromatic carbocycles. The van der Waals surface area contributed by atoms with E-state index in [1.807, 2.05) is 30.3 Å². The topological polar surface area (TPSA) is 61.8 Å². The van der Waals surface area contributed by atoms with Gasteiger partial charge in [0.1, 0.15) is 17.2 Å². The number of hydrogen-bond acceptors (Lipinski definition) is 5. The number of benzene rings is 3. The Labute approximate surface area is 200 Å². The zero-order valence-electron chi connectivity index (χ0n) is 19.4. The first-order valence-corrected chi connectivity index (χ1v) is 11.2. The molecule has 5 heteroatoms. The molecule has 0 unspecified atom stereocenters. The third-order valence-corrected chi connectivity index (χ3v) is 4.94. The predicted molar refractivity (Wildman–Crippen MR) is 134 cm³/mol. The molecule has 0 saturated heterocycles. The summed E-state index contributed by atoms with van der Waals surface area (Å²) in [5, 5.41) is 0. The van der Waals surface area contributed by atoms with Gasteiger partial charge in [0.05, 0.1) is 13.7 Å². The molecule has 0 aliphatic rings. The van der Waals surface area contributed by atoms with Crippen LogP contribution in [0.4, 0.5) is 0 Å². The molecule has 174 valence electrons. The van der Waals surface area contributed by atoms with Gasteiger partial charge in [0.2, 0.25) is 0 Å². The maximum absolute atomic E-state index is 12.4. The summed E-state index contributed by atoms with van der Waals surface area (Å²) < 4.78 is 16.1. The Balaban J connectivity index is 1.55. The summed E-state index contributed by atoms with van der Waals surface area (Å²) >= 11 is 0. The summed E-state index contributed by atoms with van der Waals surface area (Å²) in [6.45, 7) is 2.82. The smallest absolute Gasteiger partial charge is 0.336 e. The lowest BCUT2D eigenvalue weighted by atomic mass is 10.1. The molecule has 0 aromatic heterocycles. The van der Waals surface area contributed by atoms with Gasteiger partial charge in [-0.2, -0.15) is 0 Å². The van der Waals surface area contributed by atoms with Crippen LogP contribution in [0.2, 0.25) is 0 Å². The van der Waals surface area contributed by atoms with E-state index >= 15 is 0 Å². The van der Waals surface area contributed by atoms with Crippen molar-refractivity contribution in [2.45, 2.75) is 19.8 Å². The first-order chi connectivity index (χ1) is 16.6. The van der Waals surface area contributed by atoms with E-state index < -0.39 is 5.97 Å². The molecule has 0 aliphatic heterocycles. The molecule has 34 heavy (non-hydrogen) atoms. The summed E-state index contributed by atoms with van der Waals surface area (Å²) in [5.74, 6) is 1.28. The maximum atomic E-state index is 12.4. The van der Waals surface area contributed by atoms with Crippen molar-refractivity contribution in [2.24, 2.45) is 0 Å². The summed E-state index contributed by atoms with van der Waals surface area (Å²) in [5.41, 5.74) is 2.17. The van der Waals surface area contributed by atoms with Gasteiger partial charge in [0.25, 0.3) is 0 Å². The SMILES string of the molecule is CCCCOc1ccc(/C=C/C(=O)Oc2cccc(/C=C/C(=O)c3ccc(OC)cc3)c2)cc1. The normalized spacial score (nSPS) is 11.0. The first-order valence-electron chi connectivity index (χ1n) is 11.2. The van der Waals surface area contributed by atoms with Crippen LogP contribution in [0, 0.1) is 0 Å². The Morgan fingerprint density at radius 3 is 2.21 bits per heavy atom. The number of rotatable bonds is 11. The quantitative estimate of drug-likeness (QED) is 0.110. The average molecular weight is 457 g/mol. The van der Waals surface area contributed by atoms with Crippen LogP contribution in [0.25, 0.3) is 12.2 Å². The molecule has 0 radical (unpaired) electrons. The zero-order valence-corrected chi connectivity index (χ0v) is 19.4. The summed E-state index contributed by atoms with van der Waals surface area (Å²) in [6, 6.07) is 21.4. The molecular weight excluding hydrogens is 428 g/mol. The Morgan fingerprint density at radius 2 is 1.50 bits per heavy atom. The van der Waals surface area contributed by atoms with E-state index in [1.54, 1.807) is 61.7 Å². The van der Waals surface area contributed by atoms with E-state index in [-0.39, 0.29) is 5.78 Å². The number of carbonyl (C=O) groups is 2. The number of ketones is 1. The van der Waals surface area contributed by atoms with Crippen molar-refractivity contribution in [1.82, 2.24) is 0 Å². The van der Waals surface area contributed by atoms with Crippen LogP contribution in [0.3, 0.4) is 0 Å². The predicted octanol–water partition coefficient (Wildman–Crippen LogP) is 6.39. The largest absolute Gasteiger partial charge is 0.497 e. The second-order valence-corrected chi connectivity index (χ2v) is 7.52. The van der Waals surface area contributed by atoms with Crippen LogP contribution in [-0.4, -0.2) is 25.5 Å². The van der Waals surface area contributed by atoms with Gasteiger partial charge in [-0.05, 0) is 78.2 Å². The summed E-state index contributed by atoms with van der Waals surface area (Å²) in [7, 11) is 1.58. The van der Waals surface area contributed by atoms with Gasteiger partial charge in [0, 0.05) is 11.6 Å². The number of hydrogen-bond donors (Lipinski definition) is 0. The Morgan fingerprint density at radius 1 is 0.794 bits per heavy atom. The molecule has 0 spiro atoms. The van der Waals surface area contributed by atoms with Gasteiger partial charge >= 0.3 is 5.97 Å². The standard InChI is InChI=1S/C29H28O5/c1-3-4-20-33-26-14-8-22(9-15-26)11-19-29(31)34-27-7-5-6-23(21-27)10-18-28(30)24-12-16-25(32-2)17-13-24/h5-19,21H,3-4,20H2,1-2H3/b18-10+,19-11+. The van der Waals surface area contributed by atoms with Crippen molar-refractivity contribution in [3.8, 4) is 17.2 Å². The lowest BCUT2D eigenvalue weighted by Gasteiger charge is -2.05. The highest BCUT2D eigenvalue weighted by Gasteiger charge is 2.04. The Bertz CT molecular complexity index is 1140. The number of methoxy groups -OCH3 is 1. The molecule has 0 N–H and O–H groups in total. The van der Waals surface area contributed by atoms with Crippen LogP contribution in [0.1, 0.15) is 41.3 Å². The van der Waals surface area contributed by atoms with Crippen molar-refractivity contribution >= 4 is 23.9 Å². The molecule has 5 nitrogen and oxygen atoms in total. The molecule has 3 aromatic rings. The molecule has 0 amide bonds. The lowest BCUT2D eigenvalue weighted by molar-refractivity contribution is -0.128. The summed E-state index contributed by atoms with van der Waals surface area (Å²) in [6.07, 6.45) is 8.34. The number of ether oxygens (including phenoxy) is 3. The van der Waals surface area contributed by atoms with Crippen molar-refractivity contribution in [1.29, 1.82) is 0 Å². The minimum absolute atomic E-state index is 0.130. The molecule has 3 rings (SSSR count). The van der Waals surface area contributed by atoms with Crippen molar-refractivity contribution < 1.29 is 23.8 Å². The molecule has 0 heterocycles. The van der Waals surface area contributed by atoms with Crippen molar-refractivity contribution in [2.75, 3.05) is 13.7 Å². The van der Waals surface area contributed by atoms with Crippen LogP contribution in [-0.2, 0) is 4.79 Å². The van der Waals surface area contributed by atoms with E-state index in [0.29, 0.717) is 23.7 Å². The third kappa shape index (κ3) is 7.78. The highest BCUT2D eigenvalue weighted by molar-refractivity contribution is 6.06. The van der Waals surface area contributed by atoms with Crippen LogP contribution in [0.5, 0.6) is 17.2 Å². The molecule has 0 fully saturated rings. The maximum Gasteiger partial charge on any atom is 0.336 e. The highest BCUT2D eigenvalue weighted by atomic mass is 16.5. The first kappa shape index (κ1) is 24.5. The van der Waals surface area contributed by atoms with Gasteiger partial charge in [0.15, 0.2) is 5.78 Å². The molecular formula is C29H28O5. The fraction of sp³-hybridized carbons (Fsp3) is 0.172. The summed E-state index contributed by atoms with van der Waals surface area (Å²) in [4.78, 5) is 24.6. The number of unbranched alkanes of at least 4 members (excludes halogenated alkanes) is 1. The molecule has 0 saturated carbocycles. The van der Waals surface area contributed by atoms with E-state index in [0.717, 1.165) is 29.7 Å². The van der Waals surface area contributed by atoms with Crippen LogP contribution < -0.4 is 14.2 Å². The Kier molecular flexibility index (Phi) is 9.23. The highest BCUT2D eigenvalue weighted by Crippen LogP contribution is 2.17. The fourth-order valence-electron chi connectivity index (χ4n) is 3.03. The number of allylic oxidation sites excluding steroid dienone is 1. The second kappa shape index (κ2) is 12.8. The van der Waals surface area contributed by atoms with E-state index in [4.69, 9.17) is 14.2 Å². The molecule has 0 bridgehead atoms. The number of esters is 1. The van der Waals surface area contributed by atoms with Gasteiger partial charge < -0.3 is 14.2 Å². The van der Waals surface area contributed by atoms with Crippen LogP contribution >= 0.6 is 0 Å². The monoisotopic (exact) mass is 456 g/mol. The third-order valence-electron chi connectivity index (χ3n) is 4.94. The van der Waals surface area contributed by atoms with E-state index in [1.165, 1.54) is 12.2 Å². The van der Waals surface area contributed by atoms with Gasteiger partial charge in [-0.3, -0.25) is 4.79 Å².